The number of ether oxygens (including phenoxy) is 1. The van der Waals surface area contributed by atoms with Gasteiger partial charge in [0.25, 0.3) is 0 Å². The zero-order valence-electron chi connectivity index (χ0n) is 8.32. The van der Waals surface area contributed by atoms with Crippen LogP contribution in [0.3, 0.4) is 0 Å². The summed E-state index contributed by atoms with van der Waals surface area (Å²) >= 11 is 0. The molecule has 2 saturated heterocycles. The van der Waals surface area contributed by atoms with Gasteiger partial charge in [-0.1, -0.05) is 0 Å². The summed E-state index contributed by atoms with van der Waals surface area (Å²) in [5.41, 5.74) is 0. The maximum atomic E-state index is 11.9. The Morgan fingerprint density at radius 2 is 2.00 bits per heavy atom. The maximum Gasteiger partial charge on any atom is 0.225 e. The molecule has 0 bridgehead atoms. The van der Waals surface area contributed by atoms with Crippen LogP contribution in [0.5, 0.6) is 0 Å². The lowest BCUT2D eigenvalue weighted by atomic mass is 9.99. The molecule has 80 valence electrons. The predicted molar refractivity (Wildman–Crippen MR) is 50.7 cm³/mol. The Morgan fingerprint density at radius 3 is 2.57 bits per heavy atom. The topological polar surface area (TPSA) is 49.8 Å². The number of aliphatic hydroxyl groups is 1. The molecule has 2 heterocycles. The third-order valence-corrected chi connectivity index (χ3v) is 3.05. The standard InChI is InChI=1S/C10H17NO3/c12-9-1-4-11(7-9)10(13)8-2-5-14-6-3-8/h8-9,12H,1-7H2/t9-/m1/s1. The first-order chi connectivity index (χ1) is 6.77. The highest BCUT2D eigenvalue weighted by Crippen LogP contribution is 2.20. The fraction of sp³-hybridized carbons (Fsp3) is 0.900. The summed E-state index contributed by atoms with van der Waals surface area (Å²) in [5.74, 6) is 0.346. The molecule has 1 atom stereocenters. The summed E-state index contributed by atoms with van der Waals surface area (Å²) in [6.07, 6.45) is 2.10. The van der Waals surface area contributed by atoms with Crippen LogP contribution in [-0.4, -0.2) is 48.3 Å². The van der Waals surface area contributed by atoms with Crippen molar-refractivity contribution in [3.63, 3.8) is 0 Å². The molecule has 0 spiro atoms. The van der Waals surface area contributed by atoms with E-state index in [0.717, 1.165) is 25.8 Å². The van der Waals surface area contributed by atoms with E-state index in [4.69, 9.17) is 4.74 Å². The molecule has 0 unspecified atom stereocenters. The van der Waals surface area contributed by atoms with Gasteiger partial charge in [0.05, 0.1) is 6.10 Å². The van der Waals surface area contributed by atoms with Crippen LogP contribution in [0.25, 0.3) is 0 Å². The molecule has 0 aromatic carbocycles. The Kier molecular flexibility index (Phi) is 3.03. The van der Waals surface area contributed by atoms with Crippen LogP contribution in [0.2, 0.25) is 0 Å². The van der Waals surface area contributed by atoms with Crippen molar-refractivity contribution in [2.24, 2.45) is 5.92 Å². The van der Waals surface area contributed by atoms with E-state index >= 15 is 0 Å². The van der Waals surface area contributed by atoms with Crippen molar-refractivity contribution >= 4 is 5.91 Å². The Balaban J connectivity index is 1.87. The lowest BCUT2D eigenvalue weighted by Gasteiger charge is -2.26. The van der Waals surface area contributed by atoms with Gasteiger partial charge >= 0.3 is 0 Å². The van der Waals surface area contributed by atoms with Gasteiger partial charge in [-0.15, -0.1) is 0 Å². The van der Waals surface area contributed by atoms with Crippen molar-refractivity contribution in [1.82, 2.24) is 4.90 Å². The number of rotatable bonds is 1. The van der Waals surface area contributed by atoms with Crippen LogP contribution in [0.15, 0.2) is 0 Å². The first-order valence-corrected chi connectivity index (χ1v) is 5.32. The van der Waals surface area contributed by atoms with Crippen LogP contribution >= 0.6 is 0 Å². The fourth-order valence-electron chi connectivity index (χ4n) is 2.14. The largest absolute Gasteiger partial charge is 0.391 e. The molecular weight excluding hydrogens is 182 g/mol. The molecule has 0 aromatic heterocycles. The predicted octanol–water partition coefficient (Wildman–Crippen LogP) is 0.00620. The average molecular weight is 199 g/mol. The molecule has 1 amide bonds. The molecule has 0 aromatic rings. The Hall–Kier alpha value is -0.610. The van der Waals surface area contributed by atoms with Crippen molar-refractivity contribution in [1.29, 1.82) is 0 Å². The van der Waals surface area contributed by atoms with Gasteiger partial charge in [0.1, 0.15) is 0 Å². The number of β-amino-alcohol motifs (C(OH)–C–C–N with tert-alkyl or cyclic N) is 1. The molecule has 4 nitrogen and oxygen atoms in total. The minimum Gasteiger partial charge on any atom is -0.391 e. The van der Waals surface area contributed by atoms with Crippen LogP contribution in [-0.2, 0) is 9.53 Å². The monoisotopic (exact) mass is 199 g/mol. The van der Waals surface area contributed by atoms with E-state index in [9.17, 15) is 9.90 Å². The molecule has 2 fully saturated rings. The Bertz CT molecular complexity index is 207. The second-order valence-corrected chi connectivity index (χ2v) is 4.11. The van der Waals surface area contributed by atoms with Gasteiger partial charge in [-0.25, -0.2) is 0 Å². The smallest absolute Gasteiger partial charge is 0.225 e. The summed E-state index contributed by atoms with van der Waals surface area (Å²) in [6.45, 7) is 2.65. The lowest BCUT2D eigenvalue weighted by molar-refractivity contribution is -0.137. The van der Waals surface area contributed by atoms with Crippen molar-refractivity contribution in [2.45, 2.75) is 25.4 Å². The molecule has 2 aliphatic rings. The molecule has 2 rings (SSSR count). The molecular formula is C10H17NO3. The van der Waals surface area contributed by atoms with Crippen LogP contribution < -0.4 is 0 Å². The van der Waals surface area contributed by atoms with Gasteiger partial charge in [0.2, 0.25) is 5.91 Å². The number of hydrogen-bond acceptors (Lipinski definition) is 3. The second-order valence-electron chi connectivity index (χ2n) is 4.11. The number of carbonyl (C=O) groups is 1. The minimum atomic E-state index is -0.307. The minimum absolute atomic E-state index is 0.133. The van der Waals surface area contributed by atoms with Gasteiger partial charge in [-0.2, -0.15) is 0 Å². The summed E-state index contributed by atoms with van der Waals surface area (Å²) in [5, 5.41) is 9.33. The van der Waals surface area contributed by atoms with E-state index in [-0.39, 0.29) is 17.9 Å². The highest BCUT2D eigenvalue weighted by Gasteiger charge is 2.30. The third kappa shape index (κ3) is 2.07. The van der Waals surface area contributed by atoms with E-state index in [2.05, 4.69) is 0 Å². The Labute approximate surface area is 83.8 Å². The quantitative estimate of drug-likeness (QED) is 0.647. The molecule has 4 heteroatoms. The number of nitrogens with zero attached hydrogens (tertiary/aromatic N) is 1. The highest BCUT2D eigenvalue weighted by atomic mass is 16.5. The molecule has 0 radical (unpaired) electrons. The molecule has 2 aliphatic heterocycles. The van der Waals surface area contributed by atoms with Gasteiger partial charge < -0.3 is 14.7 Å². The SMILES string of the molecule is O=C(C1CCOCC1)N1CC[C@@H](O)C1. The van der Waals surface area contributed by atoms with Crippen molar-refractivity contribution in [3.8, 4) is 0 Å². The first kappa shape index (κ1) is 9.93. The summed E-state index contributed by atoms with van der Waals surface area (Å²) in [7, 11) is 0. The number of likely N-dealkylation sites (tertiary alicyclic amines) is 1. The fourth-order valence-corrected chi connectivity index (χ4v) is 2.14. The number of carbonyl (C=O) groups excluding carboxylic acids is 1. The molecule has 0 aliphatic carbocycles. The zero-order valence-corrected chi connectivity index (χ0v) is 8.32. The van der Waals surface area contributed by atoms with Crippen LogP contribution in [0.1, 0.15) is 19.3 Å². The molecule has 1 N–H and O–H groups in total. The average Bonchev–Trinajstić information content (AvgIpc) is 2.65. The van der Waals surface area contributed by atoms with E-state index in [1.54, 1.807) is 4.90 Å². The van der Waals surface area contributed by atoms with E-state index in [1.807, 2.05) is 0 Å². The summed E-state index contributed by atoms with van der Waals surface area (Å²) < 4.78 is 5.21. The maximum absolute atomic E-state index is 11.9. The van der Waals surface area contributed by atoms with Gasteiger partial charge in [-0.3, -0.25) is 4.79 Å². The number of hydrogen-bond donors (Lipinski definition) is 1. The van der Waals surface area contributed by atoms with Gasteiger partial charge in [-0.05, 0) is 19.3 Å². The second kappa shape index (κ2) is 4.28. The van der Waals surface area contributed by atoms with Crippen LogP contribution in [0, 0.1) is 5.92 Å². The Morgan fingerprint density at radius 1 is 1.29 bits per heavy atom. The number of amides is 1. The first-order valence-electron chi connectivity index (χ1n) is 5.32. The van der Waals surface area contributed by atoms with Gasteiger partial charge in [0, 0.05) is 32.2 Å². The molecule has 14 heavy (non-hydrogen) atoms. The zero-order chi connectivity index (χ0) is 9.97. The van der Waals surface area contributed by atoms with E-state index < -0.39 is 0 Å². The van der Waals surface area contributed by atoms with E-state index in [1.165, 1.54) is 0 Å². The summed E-state index contributed by atoms with van der Waals surface area (Å²) in [4.78, 5) is 13.7. The lowest BCUT2D eigenvalue weighted by Crippen LogP contribution is -2.37. The molecule has 0 saturated carbocycles. The number of aliphatic hydroxyl groups excluding tert-OH is 1. The van der Waals surface area contributed by atoms with Gasteiger partial charge in [0.15, 0.2) is 0 Å². The highest BCUT2D eigenvalue weighted by molar-refractivity contribution is 5.79. The normalized spacial score (nSPS) is 29.5. The third-order valence-electron chi connectivity index (χ3n) is 3.05. The van der Waals surface area contributed by atoms with Crippen LogP contribution in [0.4, 0.5) is 0 Å². The van der Waals surface area contributed by atoms with Crippen molar-refractivity contribution < 1.29 is 14.6 Å². The van der Waals surface area contributed by atoms with Crippen molar-refractivity contribution in [2.75, 3.05) is 26.3 Å². The van der Waals surface area contributed by atoms with E-state index in [0.29, 0.717) is 19.8 Å². The summed E-state index contributed by atoms with van der Waals surface area (Å²) in [6, 6.07) is 0. The van der Waals surface area contributed by atoms with Crippen molar-refractivity contribution in [3.05, 3.63) is 0 Å².